The van der Waals surface area contributed by atoms with Gasteiger partial charge in [-0.2, -0.15) is 9.82 Å². The zero-order valence-corrected chi connectivity index (χ0v) is 9.49. The lowest BCUT2D eigenvalue weighted by atomic mass is 10.2. The van der Waals surface area contributed by atoms with Gasteiger partial charge in [0.15, 0.2) is 5.03 Å². The lowest BCUT2D eigenvalue weighted by molar-refractivity contribution is -0.139. The zero-order valence-electron chi connectivity index (χ0n) is 8.67. The van der Waals surface area contributed by atoms with Crippen LogP contribution in [0.4, 0.5) is 0 Å². The SMILES string of the molecule is CCC[C@H](NS(=O)(=O)c1ccn[nH]1)C(=O)O. The van der Waals surface area contributed by atoms with Crippen LogP contribution in [0.15, 0.2) is 17.3 Å². The lowest BCUT2D eigenvalue weighted by Gasteiger charge is -2.12. The number of carboxylic acid groups (broad SMARTS) is 1. The van der Waals surface area contributed by atoms with E-state index < -0.39 is 22.0 Å². The van der Waals surface area contributed by atoms with Crippen LogP contribution in [-0.4, -0.2) is 35.7 Å². The molecule has 0 aromatic carbocycles. The van der Waals surface area contributed by atoms with Crippen LogP contribution < -0.4 is 4.72 Å². The molecule has 0 saturated heterocycles. The molecule has 0 fully saturated rings. The highest BCUT2D eigenvalue weighted by Gasteiger charge is 2.25. The number of aromatic amines is 1. The molecule has 1 aromatic heterocycles. The maximum atomic E-state index is 11.6. The van der Waals surface area contributed by atoms with E-state index in [1.54, 1.807) is 6.92 Å². The molecule has 0 unspecified atom stereocenters. The predicted octanol–water partition coefficient (Wildman–Crippen LogP) is -0.0587. The Balaban J connectivity index is 2.82. The molecule has 0 radical (unpaired) electrons. The average Bonchev–Trinajstić information content (AvgIpc) is 2.69. The van der Waals surface area contributed by atoms with Crippen LogP contribution >= 0.6 is 0 Å². The van der Waals surface area contributed by atoms with E-state index >= 15 is 0 Å². The fourth-order valence-corrected chi connectivity index (χ4v) is 2.30. The number of rotatable bonds is 6. The fourth-order valence-electron chi connectivity index (χ4n) is 1.17. The van der Waals surface area contributed by atoms with Gasteiger partial charge in [-0.05, 0) is 12.5 Å². The van der Waals surface area contributed by atoms with Crippen molar-refractivity contribution in [3.63, 3.8) is 0 Å². The molecule has 0 aliphatic carbocycles. The van der Waals surface area contributed by atoms with Crippen molar-refractivity contribution < 1.29 is 18.3 Å². The number of carboxylic acids is 1. The first kappa shape index (κ1) is 12.7. The summed E-state index contributed by atoms with van der Waals surface area (Å²) >= 11 is 0. The number of nitrogens with one attached hydrogen (secondary N) is 2. The second-order valence-electron chi connectivity index (χ2n) is 3.22. The molecule has 1 aromatic rings. The molecule has 1 rings (SSSR count). The van der Waals surface area contributed by atoms with E-state index in [2.05, 4.69) is 14.9 Å². The monoisotopic (exact) mass is 247 g/mol. The van der Waals surface area contributed by atoms with Crippen molar-refractivity contribution in [3.8, 4) is 0 Å². The average molecular weight is 247 g/mol. The fraction of sp³-hybridized carbons (Fsp3) is 0.500. The van der Waals surface area contributed by atoms with Gasteiger partial charge in [-0.3, -0.25) is 9.89 Å². The van der Waals surface area contributed by atoms with Crippen molar-refractivity contribution >= 4 is 16.0 Å². The van der Waals surface area contributed by atoms with E-state index in [0.717, 1.165) is 0 Å². The van der Waals surface area contributed by atoms with Gasteiger partial charge in [0.1, 0.15) is 6.04 Å². The maximum absolute atomic E-state index is 11.6. The summed E-state index contributed by atoms with van der Waals surface area (Å²) in [6, 6.07) is 0.144. The third-order valence-corrected chi connectivity index (χ3v) is 3.34. The Morgan fingerprint density at radius 1 is 1.69 bits per heavy atom. The van der Waals surface area contributed by atoms with Crippen molar-refractivity contribution in [2.75, 3.05) is 0 Å². The van der Waals surface area contributed by atoms with Crippen LogP contribution in [0, 0.1) is 0 Å². The maximum Gasteiger partial charge on any atom is 0.321 e. The summed E-state index contributed by atoms with van der Waals surface area (Å²) in [6.07, 6.45) is 2.09. The minimum atomic E-state index is -3.83. The van der Waals surface area contributed by atoms with Gasteiger partial charge >= 0.3 is 5.97 Å². The number of sulfonamides is 1. The smallest absolute Gasteiger partial charge is 0.321 e. The van der Waals surface area contributed by atoms with Crippen molar-refractivity contribution in [1.29, 1.82) is 0 Å². The van der Waals surface area contributed by atoms with E-state index in [1.165, 1.54) is 12.3 Å². The highest BCUT2D eigenvalue weighted by molar-refractivity contribution is 7.89. The Bertz CT molecular complexity index is 440. The van der Waals surface area contributed by atoms with Crippen molar-refractivity contribution in [3.05, 3.63) is 12.3 Å². The second-order valence-corrected chi connectivity index (χ2v) is 4.90. The normalized spacial score (nSPS) is 13.6. The molecule has 0 aliphatic heterocycles. The molecule has 8 heteroatoms. The number of nitrogens with zero attached hydrogens (tertiary/aromatic N) is 1. The molecule has 0 saturated carbocycles. The number of H-pyrrole nitrogens is 1. The first-order chi connectivity index (χ1) is 7.47. The first-order valence-corrected chi connectivity index (χ1v) is 6.20. The zero-order chi connectivity index (χ0) is 12.2. The third kappa shape index (κ3) is 3.04. The molecule has 0 amide bonds. The van der Waals surface area contributed by atoms with Crippen LogP contribution in [0.2, 0.25) is 0 Å². The molecule has 16 heavy (non-hydrogen) atoms. The van der Waals surface area contributed by atoms with Gasteiger partial charge in [-0.1, -0.05) is 13.3 Å². The summed E-state index contributed by atoms with van der Waals surface area (Å²) in [6.45, 7) is 1.78. The van der Waals surface area contributed by atoms with Crippen molar-refractivity contribution in [1.82, 2.24) is 14.9 Å². The summed E-state index contributed by atoms with van der Waals surface area (Å²) in [4.78, 5) is 10.8. The number of hydrogen-bond donors (Lipinski definition) is 3. The Morgan fingerprint density at radius 2 is 2.38 bits per heavy atom. The summed E-state index contributed by atoms with van der Waals surface area (Å²) in [7, 11) is -3.83. The molecule has 90 valence electrons. The van der Waals surface area contributed by atoms with E-state index in [1.807, 2.05) is 0 Å². The van der Waals surface area contributed by atoms with Crippen LogP contribution in [0.3, 0.4) is 0 Å². The third-order valence-electron chi connectivity index (χ3n) is 1.94. The molecule has 0 bridgehead atoms. The molecule has 0 spiro atoms. The standard InChI is InChI=1S/C8H13N3O4S/c1-2-3-6(8(12)13)11-16(14,15)7-4-5-9-10-7/h4-6,11H,2-3H2,1H3,(H,9,10)(H,12,13)/t6-/m0/s1. The van der Waals surface area contributed by atoms with Gasteiger partial charge in [0, 0.05) is 0 Å². The summed E-state index contributed by atoms with van der Waals surface area (Å²) in [5, 5.41) is 14.4. The summed E-state index contributed by atoms with van der Waals surface area (Å²) in [5.41, 5.74) is 0. The Kier molecular flexibility index (Phi) is 4.02. The number of aliphatic carboxylic acids is 1. The minimum Gasteiger partial charge on any atom is -0.480 e. The van der Waals surface area contributed by atoms with Gasteiger partial charge in [0.05, 0.1) is 6.20 Å². The van der Waals surface area contributed by atoms with Crippen LogP contribution in [0.5, 0.6) is 0 Å². The quantitative estimate of drug-likeness (QED) is 0.652. The molecular weight excluding hydrogens is 234 g/mol. The molecule has 0 aliphatic rings. The van der Waals surface area contributed by atoms with Crippen LogP contribution in [-0.2, 0) is 14.8 Å². The summed E-state index contributed by atoms with van der Waals surface area (Å²) in [5.74, 6) is -1.19. The van der Waals surface area contributed by atoms with Gasteiger partial charge < -0.3 is 5.11 Å². The second kappa shape index (κ2) is 5.08. The minimum absolute atomic E-state index is 0.144. The Labute approximate surface area is 92.9 Å². The van der Waals surface area contributed by atoms with E-state index in [-0.39, 0.29) is 11.4 Å². The molecule has 7 nitrogen and oxygen atoms in total. The molecule has 3 N–H and O–H groups in total. The van der Waals surface area contributed by atoms with Crippen molar-refractivity contribution in [2.45, 2.75) is 30.8 Å². The van der Waals surface area contributed by atoms with Gasteiger partial charge in [0.25, 0.3) is 10.0 Å². The highest BCUT2D eigenvalue weighted by Crippen LogP contribution is 2.06. The Morgan fingerprint density at radius 3 is 2.81 bits per heavy atom. The van der Waals surface area contributed by atoms with Crippen molar-refractivity contribution in [2.24, 2.45) is 0 Å². The predicted molar refractivity (Wildman–Crippen MR) is 55.2 cm³/mol. The highest BCUT2D eigenvalue weighted by atomic mass is 32.2. The molecule has 1 atom stereocenters. The van der Waals surface area contributed by atoms with Crippen LogP contribution in [0.1, 0.15) is 19.8 Å². The molecule has 1 heterocycles. The lowest BCUT2D eigenvalue weighted by Crippen LogP contribution is -2.40. The number of aromatic nitrogens is 2. The topological polar surface area (TPSA) is 112 Å². The van der Waals surface area contributed by atoms with E-state index in [0.29, 0.717) is 6.42 Å². The van der Waals surface area contributed by atoms with Crippen LogP contribution in [0.25, 0.3) is 0 Å². The Hall–Kier alpha value is -1.41. The largest absolute Gasteiger partial charge is 0.480 e. The van der Waals surface area contributed by atoms with Gasteiger partial charge in [-0.25, -0.2) is 8.42 Å². The summed E-state index contributed by atoms with van der Waals surface area (Å²) < 4.78 is 25.4. The van der Waals surface area contributed by atoms with Gasteiger partial charge in [0.2, 0.25) is 0 Å². The van der Waals surface area contributed by atoms with E-state index in [9.17, 15) is 13.2 Å². The number of carbonyl (C=O) groups is 1. The number of hydrogen-bond acceptors (Lipinski definition) is 4. The molecular formula is C8H13N3O4S. The van der Waals surface area contributed by atoms with E-state index in [4.69, 9.17) is 5.11 Å². The first-order valence-electron chi connectivity index (χ1n) is 4.72. The van der Waals surface area contributed by atoms with Gasteiger partial charge in [-0.15, -0.1) is 0 Å².